The summed E-state index contributed by atoms with van der Waals surface area (Å²) in [6, 6.07) is 6.34. The lowest BCUT2D eigenvalue weighted by molar-refractivity contribution is 0.102. The number of hydrogen-bond acceptors (Lipinski definition) is 4. The topological polar surface area (TPSA) is 88.2 Å². The first-order valence-corrected chi connectivity index (χ1v) is 6.42. The Morgan fingerprint density at radius 2 is 2.19 bits per heavy atom. The summed E-state index contributed by atoms with van der Waals surface area (Å²) in [5, 5.41) is 12.4. The fourth-order valence-corrected chi connectivity index (χ4v) is 1.76. The third-order valence-electron chi connectivity index (χ3n) is 2.54. The molecule has 1 amide bonds. The molecule has 0 spiro atoms. The number of rotatable bonds is 2. The predicted molar refractivity (Wildman–Crippen MR) is 81.2 cm³/mol. The standard InChI is InChI=1S/C15H12ClN3O2/c16-13-4-3-10(2-1-5-17)6-14(13)19-15(21)11-7-12(20)9-18-8-11/h3-4,6-9,20H,5,17H2,(H,19,21). The van der Waals surface area contributed by atoms with Crippen molar-refractivity contribution in [2.24, 2.45) is 5.73 Å². The monoisotopic (exact) mass is 301 g/mol. The Balaban J connectivity index is 2.24. The van der Waals surface area contributed by atoms with Crippen LogP contribution in [0.2, 0.25) is 5.02 Å². The van der Waals surface area contributed by atoms with Crippen LogP contribution in [0.25, 0.3) is 0 Å². The van der Waals surface area contributed by atoms with E-state index in [2.05, 4.69) is 22.1 Å². The van der Waals surface area contributed by atoms with Crippen LogP contribution in [0.4, 0.5) is 5.69 Å². The molecule has 0 radical (unpaired) electrons. The van der Waals surface area contributed by atoms with Crippen LogP contribution in [-0.2, 0) is 0 Å². The molecule has 6 heteroatoms. The van der Waals surface area contributed by atoms with Gasteiger partial charge in [0.2, 0.25) is 0 Å². The summed E-state index contributed by atoms with van der Waals surface area (Å²) in [5.74, 6) is 5.07. The zero-order valence-electron chi connectivity index (χ0n) is 10.9. The van der Waals surface area contributed by atoms with E-state index in [1.807, 2.05) is 0 Å². The maximum atomic E-state index is 12.1. The minimum atomic E-state index is -0.427. The molecule has 5 nitrogen and oxygen atoms in total. The van der Waals surface area contributed by atoms with E-state index in [1.54, 1.807) is 18.2 Å². The van der Waals surface area contributed by atoms with Gasteiger partial charge < -0.3 is 16.2 Å². The third kappa shape index (κ3) is 3.96. The van der Waals surface area contributed by atoms with E-state index in [1.165, 1.54) is 18.5 Å². The molecular weight excluding hydrogens is 290 g/mol. The number of carbonyl (C=O) groups is 1. The number of nitrogens with one attached hydrogen (secondary N) is 1. The van der Waals surface area contributed by atoms with Crippen molar-refractivity contribution in [1.29, 1.82) is 0 Å². The summed E-state index contributed by atoms with van der Waals surface area (Å²) < 4.78 is 0. The average Bonchev–Trinajstić information content (AvgIpc) is 2.48. The first-order chi connectivity index (χ1) is 10.1. The minimum Gasteiger partial charge on any atom is -0.506 e. The Labute approximate surface area is 126 Å². The maximum Gasteiger partial charge on any atom is 0.257 e. The second-order valence-corrected chi connectivity index (χ2v) is 4.49. The number of nitrogens with two attached hydrogens (primary N) is 1. The van der Waals surface area contributed by atoms with Gasteiger partial charge in [-0.15, -0.1) is 0 Å². The highest BCUT2D eigenvalue weighted by molar-refractivity contribution is 6.34. The fourth-order valence-electron chi connectivity index (χ4n) is 1.60. The van der Waals surface area contributed by atoms with Crippen LogP contribution in [0.1, 0.15) is 15.9 Å². The molecule has 0 bridgehead atoms. The summed E-state index contributed by atoms with van der Waals surface area (Å²) in [5.41, 5.74) is 6.66. The molecule has 1 aromatic heterocycles. The molecule has 0 saturated heterocycles. The highest BCUT2D eigenvalue weighted by atomic mass is 35.5. The normalized spacial score (nSPS) is 9.62. The second-order valence-electron chi connectivity index (χ2n) is 4.09. The molecule has 0 unspecified atom stereocenters. The van der Waals surface area contributed by atoms with Gasteiger partial charge in [0.05, 0.1) is 29.0 Å². The van der Waals surface area contributed by atoms with Crippen LogP contribution in [0.3, 0.4) is 0 Å². The molecule has 0 atom stereocenters. The molecule has 0 aliphatic heterocycles. The quantitative estimate of drug-likeness (QED) is 0.740. The molecular formula is C15H12ClN3O2. The first-order valence-electron chi connectivity index (χ1n) is 6.04. The number of aromatic hydroxyl groups is 1. The smallest absolute Gasteiger partial charge is 0.257 e. The predicted octanol–water partition coefficient (Wildman–Crippen LogP) is 2.00. The molecule has 1 heterocycles. The lowest BCUT2D eigenvalue weighted by atomic mass is 10.2. The van der Waals surface area contributed by atoms with E-state index in [-0.39, 0.29) is 17.9 Å². The minimum absolute atomic E-state index is 0.0867. The number of aromatic nitrogens is 1. The number of nitrogens with zero attached hydrogens (tertiary/aromatic N) is 1. The number of amides is 1. The van der Waals surface area contributed by atoms with Gasteiger partial charge in [-0.3, -0.25) is 9.78 Å². The molecule has 4 N–H and O–H groups in total. The molecule has 2 rings (SSSR count). The van der Waals surface area contributed by atoms with Gasteiger partial charge in [0.25, 0.3) is 5.91 Å². The van der Waals surface area contributed by atoms with Crippen LogP contribution in [-0.4, -0.2) is 22.5 Å². The summed E-state index contributed by atoms with van der Waals surface area (Å²) >= 11 is 6.04. The molecule has 106 valence electrons. The van der Waals surface area contributed by atoms with Crippen LogP contribution >= 0.6 is 11.6 Å². The number of halogens is 1. The zero-order chi connectivity index (χ0) is 15.2. The van der Waals surface area contributed by atoms with Crippen molar-refractivity contribution in [2.75, 3.05) is 11.9 Å². The Morgan fingerprint density at radius 3 is 2.90 bits per heavy atom. The second kappa shape index (κ2) is 6.75. The number of carbonyl (C=O) groups excluding carboxylic acids is 1. The van der Waals surface area contributed by atoms with Crippen molar-refractivity contribution in [2.45, 2.75) is 0 Å². The van der Waals surface area contributed by atoms with Gasteiger partial charge in [-0.2, -0.15) is 0 Å². The zero-order valence-corrected chi connectivity index (χ0v) is 11.7. The lowest BCUT2D eigenvalue weighted by Crippen LogP contribution is -2.12. The summed E-state index contributed by atoms with van der Waals surface area (Å²) in [7, 11) is 0. The first kappa shape index (κ1) is 14.9. The summed E-state index contributed by atoms with van der Waals surface area (Å²) in [6.45, 7) is 0.249. The highest BCUT2D eigenvalue weighted by Gasteiger charge is 2.10. The van der Waals surface area contributed by atoms with E-state index >= 15 is 0 Å². The SMILES string of the molecule is NCC#Cc1ccc(Cl)c(NC(=O)c2cncc(O)c2)c1. The average molecular weight is 302 g/mol. The molecule has 0 aliphatic carbocycles. The van der Waals surface area contributed by atoms with Crippen molar-refractivity contribution < 1.29 is 9.90 Å². The summed E-state index contributed by atoms with van der Waals surface area (Å²) in [4.78, 5) is 15.8. The molecule has 0 fully saturated rings. The number of anilines is 1. The maximum absolute atomic E-state index is 12.1. The van der Waals surface area contributed by atoms with E-state index < -0.39 is 5.91 Å². The van der Waals surface area contributed by atoms with Gasteiger partial charge in [-0.05, 0) is 24.3 Å². The molecule has 0 aliphatic rings. The van der Waals surface area contributed by atoms with E-state index in [0.717, 1.165) is 0 Å². The molecule has 1 aromatic carbocycles. The van der Waals surface area contributed by atoms with Gasteiger partial charge in [-0.25, -0.2) is 0 Å². The molecule has 21 heavy (non-hydrogen) atoms. The fraction of sp³-hybridized carbons (Fsp3) is 0.0667. The van der Waals surface area contributed by atoms with Crippen LogP contribution in [0.5, 0.6) is 5.75 Å². The van der Waals surface area contributed by atoms with Gasteiger partial charge in [-0.1, -0.05) is 23.4 Å². The van der Waals surface area contributed by atoms with Gasteiger partial charge in [0.15, 0.2) is 0 Å². The van der Waals surface area contributed by atoms with Crippen molar-refractivity contribution >= 4 is 23.2 Å². The number of benzene rings is 1. The highest BCUT2D eigenvalue weighted by Crippen LogP contribution is 2.23. The van der Waals surface area contributed by atoms with E-state index in [4.69, 9.17) is 17.3 Å². The van der Waals surface area contributed by atoms with Crippen LogP contribution in [0, 0.1) is 11.8 Å². The van der Waals surface area contributed by atoms with Gasteiger partial charge in [0, 0.05) is 11.8 Å². The molecule has 0 saturated carbocycles. The van der Waals surface area contributed by atoms with Crippen molar-refractivity contribution in [3.63, 3.8) is 0 Å². The Kier molecular flexibility index (Phi) is 4.77. The van der Waals surface area contributed by atoms with Crippen molar-refractivity contribution in [3.05, 3.63) is 52.8 Å². The van der Waals surface area contributed by atoms with E-state index in [9.17, 15) is 9.90 Å². The Morgan fingerprint density at radius 1 is 1.38 bits per heavy atom. The van der Waals surface area contributed by atoms with Gasteiger partial charge in [0.1, 0.15) is 5.75 Å². The summed E-state index contributed by atoms with van der Waals surface area (Å²) in [6.07, 6.45) is 2.59. The van der Waals surface area contributed by atoms with Crippen molar-refractivity contribution in [1.82, 2.24) is 4.98 Å². The van der Waals surface area contributed by atoms with Crippen LogP contribution < -0.4 is 11.1 Å². The molecule has 2 aromatic rings. The largest absolute Gasteiger partial charge is 0.506 e. The van der Waals surface area contributed by atoms with Crippen molar-refractivity contribution in [3.8, 4) is 17.6 Å². The number of pyridine rings is 1. The Bertz CT molecular complexity index is 735. The Hall–Kier alpha value is -2.55. The van der Waals surface area contributed by atoms with E-state index in [0.29, 0.717) is 16.3 Å². The van der Waals surface area contributed by atoms with Gasteiger partial charge >= 0.3 is 0 Å². The number of hydrogen-bond donors (Lipinski definition) is 3. The van der Waals surface area contributed by atoms with Crippen LogP contribution in [0.15, 0.2) is 36.7 Å². The third-order valence-corrected chi connectivity index (χ3v) is 2.86. The lowest BCUT2D eigenvalue weighted by Gasteiger charge is -2.08.